The van der Waals surface area contributed by atoms with E-state index in [9.17, 15) is 22.8 Å². The lowest BCUT2D eigenvalue weighted by atomic mass is 10.1. The van der Waals surface area contributed by atoms with Crippen LogP contribution in [-0.2, 0) is 9.59 Å². The van der Waals surface area contributed by atoms with Crippen LogP contribution in [0, 0.1) is 0 Å². The molecule has 0 spiro atoms. The fraction of sp³-hybridized carbons (Fsp3) is 0.500. The molecular weight excluding hydrogens is 357 g/mol. The van der Waals surface area contributed by atoms with Crippen LogP contribution in [0.15, 0.2) is 24.3 Å². The van der Waals surface area contributed by atoms with Gasteiger partial charge in [-0.15, -0.1) is 24.9 Å². The smallest absolute Gasteiger partial charge is 0.406 e. The van der Waals surface area contributed by atoms with Crippen molar-refractivity contribution in [2.24, 2.45) is 0 Å². The molecule has 2 amide bonds. The predicted molar refractivity (Wildman–Crippen MR) is 89.5 cm³/mol. The quantitative estimate of drug-likeness (QED) is 0.828. The third-order valence-corrected chi connectivity index (χ3v) is 4.44. The first-order valence-corrected chi connectivity index (χ1v) is 9.00. The van der Waals surface area contributed by atoms with Crippen molar-refractivity contribution in [3.63, 3.8) is 0 Å². The summed E-state index contributed by atoms with van der Waals surface area (Å²) < 4.78 is 40.3. The zero-order valence-electron chi connectivity index (χ0n) is 13.5. The predicted octanol–water partition coefficient (Wildman–Crippen LogP) is 3.27. The van der Waals surface area contributed by atoms with Crippen molar-refractivity contribution < 1.29 is 27.5 Å². The van der Waals surface area contributed by atoms with E-state index in [1.807, 2.05) is 0 Å². The van der Waals surface area contributed by atoms with E-state index in [1.165, 1.54) is 23.9 Å². The van der Waals surface area contributed by atoms with Gasteiger partial charge in [-0.3, -0.25) is 9.59 Å². The van der Waals surface area contributed by atoms with Crippen molar-refractivity contribution in [3.05, 3.63) is 24.3 Å². The molecular formula is C16H19F3N2O3S. The first-order valence-electron chi connectivity index (χ1n) is 7.85. The van der Waals surface area contributed by atoms with Crippen LogP contribution < -0.4 is 10.1 Å². The summed E-state index contributed by atoms with van der Waals surface area (Å²) in [6.45, 7) is 1.52. The average molecular weight is 376 g/mol. The maximum Gasteiger partial charge on any atom is 0.573 e. The van der Waals surface area contributed by atoms with Gasteiger partial charge in [-0.1, -0.05) is 6.07 Å². The molecule has 0 atom stereocenters. The van der Waals surface area contributed by atoms with Crippen LogP contribution in [0.2, 0.25) is 0 Å². The van der Waals surface area contributed by atoms with Crippen molar-refractivity contribution in [1.82, 2.24) is 4.90 Å². The largest absolute Gasteiger partial charge is 0.573 e. The van der Waals surface area contributed by atoms with Crippen molar-refractivity contribution in [2.75, 3.05) is 29.9 Å². The monoisotopic (exact) mass is 376 g/mol. The molecule has 2 rings (SSSR count). The number of thioether (sulfide) groups is 1. The molecule has 0 unspecified atom stereocenters. The van der Waals surface area contributed by atoms with Gasteiger partial charge in [-0.25, -0.2) is 0 Å². The Balaban J connectivity index is 1.74. The molecule has 0 radical (unpaired) electrons. The first kappa shape index (κ1) is 19.4. The number of ether oxygens (including phenoxy) is 1. The number of nitrogens with one attached hydrogen (secondary N) is 1. The van der Waals surface area contributed by atoms with E-state index in [-0.39, 0.29) is 29.0 Å². The Bertz CT molecular complexity index is 605. The van der Waals surface area contributed by atoms with Gasteiger partial charge in [0.1, 0.15) is 5.75 Å². The minimum atomic E-state index is -4.78. The molecule has 0 aliphatic carbocycles. The lowest BCUT2D eigenvalue weighted by Gasteiger charge is -2.26. The number of benzene rings is 1. The summed E-state index contributed by atoms with van der Waals surface area (Å²) in [6, 6.07) is 5.05. The minimum absolute atomic E-state index is 0.0121. The van der Waals surface area contributed by atoms with Crippen LogP contribution in [0.3, 0.4) is 0 Å². The molecule has 1 heterocycles. The molecule has 1 saturated heterocycles. The molecule has 25 heavy (non-hydrogen) atoms. The van der Waals surface area contributed by atoms with Gasteiger partial charge in [0, 0.05) is 24.8 Å². The van der Waals surface area contributed by atoms with Gasteiger partial charge in [-0.2, -0.15) is 0 Å². The fourth-order valence-electron chi connectivity index (χ4n) is 2.43. The molecule has 1 aliphatic rings. The highest BCUT2D eigenvalue weighted by atomic mass is 32.2. The molecule has 1 aliphatic heterocycles. The molecule has 9 heteroatoms. The van der Waals surface area contributed by atoms with Gasteiger partial charge in [0.2, 0.25) is 11.8 Å². The van der Waals surface area contributed by atoms with Crippen LogP contribution in [0.25, 0.3) is 0 Å². The molecule has 1 aromatic rings. The normalized spacial score (nSPS) is 14.9. The average Bonchev–Trinajstić information content (AvgIpc) is 2.54. The molecule has 0 bridgehead atoms. The Morgan fingerprint density at radius 2 is 1.88 bits per heavy atom. The Labute approximate surface area is 147 Å². The maximum atomic E-state index is 12.2. The van der Waals surface area contributed by atoms with Gasteiger partial charge in [0.15, 0.2) is 0 Å². The van der Waals surface area contributed by atoms with Crippen LogP contribution in [0.5, 0.6) is 5.75 Å². The van der Waals surface area contributed by atoms with Crippen LogP contribution in [0.4, 0.5) is 18.9 Å². The molecule has 1 aromatic carbocycles. The molecule has 5 nitrogen and oxygen atoms in total. The summed E-state index contributed by atoms with van der Waals surface area (Å²) in [5.41, 5.74) is 0.203. The zero-order chi connectivity index (χ0) is 18.3. The molecule has 0 aromatic heterocycles. The second kappa shape index (κ2) is 8.98. The van der Waals surface area contributed by atoms with E-state index >= 15 is 0 Å². The van der Waals surface area contributed by atoms with Crippen LogP contribution in [0.1, 0.15) is 19.3 Å². The summed E-state index contributed by atoms with van der Waals surface area (Å²) in [5.74, 6) is -0.522. The number of nitrogens with zero attached hydrogens (tertiary/aromatic N) is 1. The van der Waals surface area contributed by atoms with Crippen molar-refractivity contribution in [3.8, 4) is 5.75 Å². The number of halogens is 3. The highest BCUT2D eigenvalue weighted by molar-refractivity contribution is 8.00. The van der Waals surface area contributed by atoms with Crippen molar-refractivity contribution >= 4 is 29.3 Å². The number of amides is 2. The van der Waals surface area contributed by atoms with Crippen molar-refractivity contribution in [2.45, 2.75) is 25.6 Å². The van der Waals surface area contributed by atoms with Crippen LogP contribution in [-0.4, -0.2) is 47.7 Å². The highest BCUT2D eigenvalue weighted by Gasteiger charge is 2.31. The standard InChI is InChI=1S/C16H19F3N2O3S/c17-16(18,19)24-13-6-4-5-12(9-13)20-14(22)10-25-11-15(23)21-7-2-1-3-8-21/h4-6,9H,1-3,7-8,10-11H2,(H,20,22). The number of likely N-dealkylation sites (tertiary alicyclic amines) is 1. The second-order valence-electron chi connectivity index (χ2n) is 5.56. The topological polar surface area (TPSA) is 58.6 Å². The first-order chi connectivity index (χ1) is 11.8. The Kier molecular flexibility index (Phi) is 6.98. The van der Waals surface area contributed by atoms with E-state index in [1.54, 1.807) is 4.90 Å². The van der Waals surface area contributed by atoms with Gasteiger partial charge >= 0.3 is 6.36 Å². The lowest BCUT2D eigenvalue weighted by molar-refractivity contribution is -0.274. The third kappa shape index (κ3) is 7.25. The lowest BCUT2D eigenvalue weighted by Crippen LogP contribution is -2.37. The maximum absolute atomic E-state index is 12.2. The molecule has 0 saturated carbocycles. The highest BCUT2D eigenvalue weighted by Crippen LogP contribution is 2.25. The van der Waals surface area contributed by atoms with E-state index in [0.717, 1.165) is 44.5 Å². The Morgan fingerprint density at radius 3 is 2.56 bits per heavy atom. The van der Waals surface area contributed by atoms with E-state index < -0.39 is 12.1 Å². The number of hydrogen-bond donors (Lipinski definition) is 1. The number of carbonyl (C=O) groups is 2. The number of hydrogen-bond acceptors (Lipinski definition) is 4. The molecule has 1 fully saturated rings. The summed E-state index contributed by atoms with van der Waals surface area (Å²) >= 11 is 1.18. The number of anilines is 1. The van der Waals surface area contributed by atoms with Gasteiger partial charge in [0.25, 0.3) is 0 Å². The second-order valence-corrected chi connectivity index (χ2v) is 6.54. The van der Waals surface area contributed by atoms with E-state index in [0.29, 0.717) is 0 Å². The fourth-order valence-corrected chi connectivity index (χ4v) is 3.15. The van der Waals surface area contributed by atoms with Crippen LogP contribution >= 0.6 is 11.8 Å². The molecule has 138 valence electrons. The number of alkyl halides is 3. The summed E-state index contributed by atoms with van der Waals surface area (Å²) in [4.78, 5) is 25.6. The summed E-state index contributed by atoms with van der Waals surface area (Å²) in [5, 5.41) is 2.49. The third-order valence-electron chi connectivity index (χ3n) is 3.52. The number of piperidine rings is 1. The van der Waals surface area contributed by atoms with Gasteiger partial charge in [0.05, 0.1) is 11.5 Å². The van der Waals surface area contributed by atoms with Gasteiger partial charge in [-0.05, 0) is 31.4 Å². The number of carbonyl (C=O) groups excluding carboxylic acids is 2. The van der Waals surface area contributed by atoms with Gasteiger partial charge < -0.3 is 15.0 Å². The Hall–Kier alpha value is -1.90. The summed E-state index contributed by atoms with van der Waals surface area (Å²) in [7, 11) is 0. The summed E-state index contributed by atoms with van der Waals surface area (Å²) in [6.07, 6.45) is -1.63. The van der Waals surface area contributed by atoms with Crippen molar-refractivity contribution in [1.29, 1.82) is 0 Å². The molecule has 1 N–H and O–H groups in total. The van der Waals surface area contributed by atoms with E-state index in [2.05, 4.69) is 10.1 Å². The number of rotatable bonds is 6. The Morgan fingerprint density at radius 1 is 1.16 bits per heavy atom. The zero-order valence-corrected chi connectivity index (χ0v) is 14.3. The van der Waals surface area contributed by atoms with E-state index in [4.69, 9.17) is 0 Å². The minimum Gasteiger partial charge on any atom is -0.406 e. The SMILES string of the molecule is O=C(CSCC(=O)N1CCCCC1)Nc1cccc(OC(F)(F)F)c1.